The summed E-state index contributed by atoms with van der Waals surface area (Å²) in [5.74, 6) is 0.408. The molecule has 0 radical (unpaired) electrons. The molecule has 0 bridgehead atoms. The van der Waals surface area contributed by atoms with E-state index in [0.717, 1.165) is 19.3 Å². The van der Waals surface area contributed by atoms with E-state index in [2.05, 4.69) is 46.8 Å². The van der Waals surface area contributed by atoms with Crippen LogP contribution in [0.25, 0.3) is 0 Å². The third-order valence-electron chi connectivity index (χ3n) is 4.69. The molecule has 0 aliphatic heterocycles. The zero-order valence-corrected chi connectivity index (χ0v) is 13.5. The molecule has 2 rings (SSSR count). The Morgan fingerprint density at radius 1 is 1.45 bits per heavy atom. The molecular formula is C18H28O2. The van der Waals surface area contributed by atoms with Crippen LogP contribution in [-0.2, 0) is 9.53 Å². The Bertz CT molecular complexity index is 438. The van der Waals surface area contributed by atoms with Gasteiger partial charge in [0, 0.05) is 12.8 Å². The van der Waals surface area contributed by atoms with Gasteiger partial charge in [-0.05, 0) is 31.6 Å². The van der Waals surface area contributed by atoms with Gasteiger partial charge >= 0.3 is 5.97 Å². The van der Waals surface area contributed by atoms with E-state index in [4.69, 9.17) is 4.74 Å². The number of allylic oxidation sites excluding steroid dienone is 2. The van der Waals surface area contributed by atoms with Crippen molar-refractivity contribution >= 4 is 5.97 Å². The van der Waals surface area contributed by atoms with Gasteiger partial charge in [0.05, 0.1) is 5.92 Å². The summed E-state index contributed by atoms with van der Waals surface area (Å²) < 4.78 is 5.74. The molecule has 2 heteroatoms. The first-order valence-corrected chi connectivity index (χ1v) is 7.89. The third kappa shape index (κ3) is 3.16. The molecule has 112 valence electrons. The summed E-state index contributed by atoms with van der Waals surface area (Å²) in [4.78, 5) is 12.4. The predicted octanol–water partition coefficient (Wildman–Crippen LogP) is 4.66. The first kappa shape index (κ1) is 15.3. The maximum absolute atomic E-state index is 12.4. The lowest BCUT2D eigenvalue weighted by Gasteiger charge is -2.13. The molecule has 0 aromatic carbocycles. The Labute approximate surface area is 123 Å². The summed E-state index contributed by atoms with van der Waals surface area (Å²) in [7, 11) is 0. The molecule has 20 heavy (non-hydrogen) atoms. The highest BCUT2D eigenvalue weighted by Gasteiger charge is 2.61. The number of carbonyl (C=O) groups excluding carboxylic acids is 1. The average Bonchev–Trinajstić information content (AvgIpc) is 2.70. The highest BCUT2D eigenvalue weighted by Crippen LogP contribution is 2.60. The summed E-state index contributed by atoms with van der Waals surface area (Å²) >= 11 is 0. The normalized spacial score (nSPS) is 30.6. The molecule has 2 aliphatic carbocycles. The first-order chi connectivity index (χ1) is 9.36. The molecule has 0 aromatic rings. The van der Waals surface area contributed by atoms with Gasteiger partial charge in [-0.15, -0.1) is 0 Å². The van der Waals surface area contributed by atoms with E-state index in [-0.39, 0.29) is 23.4 Å². The third-order valence-corrected chi connectivity index (χ3v) is 4.69. The number of esters is 1. The van der Waals surface area contributed by atoms with E-state index in [1.165, 1.54) is 17.6 Å². The fraction of sp³-hybridized carbons (Fsp3) is 0.722. The molecule has 2 nitrogen and oxygen atoms in total. The molecule has 2 aliphatic rings. The summed E-state index contributed by atoms with van der Waals surface area (Å²) in [5, 5.41) is 0. The van der Waals surface area contributed by atoms with E-state index in [1.807, 2.05) is 0 Å². The summed E-state index contributed by atoms with van der Waals surface area (Å²) in [6.07, 6.45) is 8.73. The van der Waals surface area contributed by atoms with Crippen molar-refractivity contribution in [1.29, 1.82) is 0 Å². The molecule has 3 atom stereocenters. The van der Waals surface area contributed by atoms with Gasteiger partial charge in [0.2, 0.25) is 0 Å². The minimum atomic E-state index is 0.00801. The second-order valence-electron chi connectivity index (χ2n) is 7.18. The summed E-state index contributed by atoms with van der Waals surface area (Å²) in [6, 6.07) is 0. The van der Waals surface area contributed by atoms with Gasteiger partial charge < -0.3 is 4.74 Å². The van der Waals surface area contributed by atoms with Gasteiger partial charge in [-0.1, -0.05) is 50.5 Å². The van der Waals surface area contributed by atoms with Crippen molar-refractivity contribution in [3.8, 4) is 0 Å². The number of hydrogen-bond donors (Lipinski definition) is 0. The number of ether oxygens (including phenoxy) is 1. The topological polar surface area (TPSA) is 26.3 Å². The highest BCUT2D eigenvalue weighted by atomic mass is 16.5. The second-order valence-corrected chi connectivity index (χ2v) is 7.18. The molecule has 0 N–H and O–H groups in total. The van der Waals surface area contributed by atoms with Gasteiger partial charge in [-0.3, -0.25) is 4.79 Å². The fourth-order valence-electron chi connectivity index (χ4n) is 3.41. The molecule has 0 amide bonds. The monoisotopic (exact) mass is 276 g/mol. The van der Waals surface area contributed by atoms with E-state index < -0.39 is 0 Å². The molecule has 1 saturated carbocycles. The standard InChI is InChI=1S/C18H28O2/c1-6-7-13-8-9-14(11-13)20-17(19)16-15(10-12(2)3)18(16,4)5/h8,10,14-16H,6-7,9,11H2,1-5H3/t14?,15-,16+/m1/s1. The van der Waals surface area contributed by atoms with Crippen molar-refractivity contribution < 1.29 is 9.53 Å². The van der Waals surface area contributed by atoms with Crippen molar-refractivity contribution in [1.82, 2.24) is 0 Å². The number of hydrogen-bond acceptors (Lipinski definition) is 2. The molecule has 0 heterocycles. The summed E-state index contributed by atoms with van der Waals surface area (Å²) in [6.45, 7) is 10.7. The molecule has 0 aromatic heterocycles. The van der Waals surface area contributed by atoms with Crippen molar-refractivity contribution in [2.24, 2.45) is 17.3 Å². The van der Waals surface area contributed by atoms with Crippen LogP contribution in [0.2, 0.25) is 0 Å². The molecule has 0 saturated heterocycles. The largest absolute Gasteiger partial charge is 0.461 e. The zero-order chi connectivity index (χ0) is 14.9. The van der Waals surface area contributed by atoms with Crippen LogP contribution < -0.4 is 0 Å². The van der Waals surface area contributed by atoms with Crippen LogP contribution in [0.5, 0.6) is 0 Å². The van der Waals surface area contributed by atoms with Crippen molar-refractivity contribution in [3.63, 3.8) is 0 Å². The fourth-order valence-corrected chi connectivity index (χ4v) is 3.41. The van der Waals surface area contributed by atoms with Crippen LogP contribution in [0.1, 0.15) is 60.3 Å². The van der Waals surface area contributed by atoms with Crippen LogP contribution >= 0.6 is 0 Å². The van der Waals surface area contributed by atoms with Gasteiger partial charge in [-0.2, -0.15) is 0 Å². The van der Waals surface area contributed by atoms with E-state index >= 15 is 0 Å². The van der Waals surface area contributed by atoms with E-state index in [0.29, 0.717) is 5.92 Å². The zero-order valence-electron chi connectivity index (χ0n) is 13.5. The van der Waals surface area contributed by atoms with Crippen LogP contribution in [0, 0.1) is 17.3 Å². The smallest absolute Gasteiger partial charge is 0.310 e. The summed E-state index contributed by atoms with van der Waals surface area (Å²) in [5.41, 5.74) is 2.81. The Hall–Kier alpha value is -1.05. The SMILES string of the molecule is CCCC1=CCC(OC(=O)[C@@H]2[C@@H](C=C(C)C)C2(C)C)C1. The second kappa shape index (κ2) is 5.75. The van der Waals surface area contributed by atoms with Gasteiger partial charge in [0.25, 0.3) is 0 Å². The van der Waals surface area contributed by atoms with Crippen LogP contribution in [-0.4, -0.2) is 12.1 Å². The lowest BCUT2D eigenvalue weighted by atomic mass is 10.1. The first-order valence-electron chi connectivity index (χ1n) is 7.89. The Kier molecular flexibility index (Phi) is 4.41. The van der Waals surface area contributed by atoms with Crippen molar-refractivity contribution in [2.75, 3.05) is 0 Å². The van der Waals surface area contributed by atoms with Crippen LogP contribution in [0.4, 0.5) is 0 Å². The molecule has 0 spiro atoms. The highest BCUT2D eigenvalue weighted by molar-refractivity contribution is 5.78. The van der Waals surface area contributed by atoms with Crippen LogP contribution in [0.15, 0.2) is 23.3 Å². The Balaban J connectivity index is 1.87. The van der Waals surface area contributed by atoms with Gasteiger partial charge in [-0.25, -0.2) is 0 Å². The lowest BCUT2D eigenvalue weighted by Crippen LogP contribution is -2.18. The van der Waals surface area contributed by atoms with Gasteiger partial charge in [0.1, 0.15) is 6.10 Å². The Morgan fingerprint density at radius 3 is 2.75 bits per heavy atom. The van der Waals surface area contributed by atoms with E-state index in [9.17, 15) is 4.79 Å². The minimum absolute atomic E-state index is 0.00801. The molecule has 1 unspecified atom stereocenters. The van der Waals surface area contributed by atoms with Gasteiger partial charge in [0.15, 0.2) is 0 Å². The number of rotatable bonds is 5. The predicted molar refractivity (Wildman–Crippen MR) is 82.3 cm³/mol. The maximum Gasteiger partial charge on any atom is 0.310 e. The van der Waals surface area contributed by atoms with Crippen LogP contribution in [0.3, 0.4) is 0 Å². The lowest BCUT2D eigenvalue weighted by molar-refractivity contribution is -0.151. The van der Waals surface area contributed by atoms with E-state index in [1.54, 1.807) is 0 Å². The Morgan fingerprint density at radius 2 is 2.15 bits per heavy atom. The molecule has 1 fully saturated rings. The molecular weight excluding hydrogens is 248 g/mol. The number of carbonyl (C=O) groups is 1. The quantitative estimate of drug-likeness (QED) is 0.539. The van der Waals surface area contributed by atoms with Crippen molar-refractivity contribution in [3.05, 3.63) is 23.3 Å². The minimum Gasteiger partial charge on any atom is -0.461 e. The average molecular weight is 276 g/mol. The van der Waals surface area contributed by atoms with Crippen molar-refractivity contribution in [2.45, 2.75) is 66.4 Å². The maximum atomic E-state index is 12.4.